The fourth-order valence-electron chi connectivity index (χ4n) is 4.18. The second-order valence-corrected chi connectivity index (χ2v) is 10.6. The number of benzene rings is 3. The van der Waals surface area contributed by atoms with Crippen molar-refractivity contribution in [2.24, 2.45) is 0 Å². The molecule has 0 fully saturated rings. The van der Waals surface area contributed by atoms with Gasteiger partial charge in [-0.3, -0.25) is 0 Å². The summed E-state index contributed by atoms with van der Waals surface area (Å²) in [6, 6.07) is 22.3. The third kappa shape index (κ3) is 9.49. The van der Waals surface area contributed by atoms with Crippen molar-refractivity contribution >= 4 is 34.1 Å². The van der Waals surface area contributed by atoms with Gasteiger partial charge in [0.15, 0.2) is 0 Å². The molecule has 0 amide bonds. The minimum Gasteiger partial charge on any atom is -0.494 e. The van der Waals surface area contributed by atoms with Gasteiger partial charge in [0.25, 0.3) is 0 Å². The van der Waals surface area contributed by atoms with Crippen LogP contribution in [-0.4, -0.2) is 27.6 Å². The Balaban J connectivity index is 1.19. The van der Waals surface area contributed by atoms with Crippen molar-refractivity contribution in [3.63, 3.8) is 0 Å². The van der Waals surface area contributed by atoms with Crippen LogP contribution in [0.4, 0.5) is 0 Å². The van der Waals surface area contributed by atoms with Crippen LogP contribution >= 0.6 is 15.9 Å². The maximum atomic E-state index is 12.6. The summed E-state index contributed by atoms with van der Waals surface area (Å²) in [5.41, 5.74) is 3.08. The van der Waals surface area contributed by atoms with Crippen LogP contribution in [-0.2, 0) is 0 Å². The number of hydrogen-bond acceptors (Lipinski definition) is 5. The van der Waals surface area contributed by atoms with Crippen molar-refractivity contribution in [2.75, 3.05) is 6.61 Å². The zero-order chi connectivity index (χ0) is 28.0. The van der Waals surface area contributed by atoms with E-state index in [1.165, 1.54) is 44.9 Å². The van der Waals surface area contributed by atoms with Gasteiger partial charge in [-0.1, -0.05) is 91.2 Å². The molecule has 0 spiro atoms. The van der Waals surface area contributed by atoms with Crippen LogP contribution in [0.2, 0.25) is 0 Å². The second-order valence-electron chi connectivity index (χ2n) is 9.70. The van der Waals surface area contributed by atoms with Crippen molar-refractivity contribution in [1.29, 1.82) is 0 Å². The molecule has 1 aromatic heterocycles. The number of carbonyl (C=O) groups excluding carboxylic acids is 1. The van der Waals surface area contributed by atoms with Gasteiger partial charge in [-0.2, -0.15) is 0 Å². The minimum atomic E-state index is -0.402. The van der Waals surface area contributed by atoms with Crippen LogP contribution in [0, 0.1) is 0 Å². The monoisotopic (exact) mass is 601 g/mol. The maximum Gasteiger partial charge on any atom is 0.343 e. The molecular formula is C33H36BrN3O3. The van der Waals surface area contributed by atoms with E-state index in [-0.39, 0.29) is 0 Å². The zero-order valence-corrected chi connectivity index (χ0v) is 24.6. The SMILES string of the molecule is CCCCCCCCCCOc1ccc(OC(=O)c2ccc(/C=C/c3cn(-c4ccc(Br)cc4)nn3)cc2)cc1. The predicted octanol–water partition coefficient (Wildman–Crippen LogP) is 8.94. The Morgan fingerprint density at radius 3 is 2.15 bits per heavy atom. The molecule has 4 rings (SSSR count). The van der Waals surface area contributed by atoms with Gasteiger partial charge in [0.2, 0.25) is 0 Å². The molecule has 0 unspecified atom stereocenters. The number of aromatic nitrogens is 3. The smallest absolute Gasteiger partial charge is 0.343 e. The van der Waals surface area contributed by atoms with E-state index in [1.807, 2.05) is 66.9 Å². The van der Waals surface area contributed by atoms with E-state index in [0.29, 0.717) is 17.9 Å². The molecule has 0 aliphatic rings. The lowest BCUT2D eigenvalue weighted by atomic mass is 10.1. The van der Waals surface area contributed by atoms with Crippen molar-refractivity contribution in [3.05, 3.63) is 100 Å². The number of nitrogens with zero attached hydrogens (tertiary/aromatic N) is 3. The van der Waals surface area contributed by atoms with Gasteiger partial charge < -0.3 is 9.47 Å². The lowest BCUT2D eigenvalue weighted by molar-refractivity contribution is 0.0734. The lowest BCUT2D eigenvalue weighted by Gasteiger charge is -2.08. The fourth-order valence-corrected chi connectivity index (χ4v) is 4.45. The molecule has 4 aromatic rings. The number of esters is 1. The van der Waals surface area contributed by atoms with Crippen LogP contribution in [0.5, 0.6) is 11.5 Å². The molecule has 0 atom stereocenters. The molecule has 3 aromatic carbocycles. The topological polar surface area (TPSA) is 66.2 Å². The summed E-state index contributed by atoms with van der Waals surface area (Å²) in [5.74, 6) is 0.874. The van der Waals surface area contributed by atoms with Gasteiger partial charge in [-0.25, -0.2) is 9.48 Å². The van der Waals surface area contributed by atoms with E-state index in [9.17, 15) is 4.79 Å². The standard InChI is InChI=1S/C33H36BrN3O3/c1-2-3-4-5-6-7-8-9-24-39-31-20-22-32(23-21-31)40-33(38)27-13-10-26(11-14-27)12-17-29-25-37(36-35-29)30-18-15-28(34)16-19-30/h10-23,25H,2-9,24H2,1H3/b17-12+. The van der Waals surface area contributed by atoms with E-state index in [2.05, 4.69) is 33.2 Å². The molecule has 40 heavy (non-hydrogen) atoms. The molecule has 208 valence electrons. The summed E-state index contributed by atoms with van der Waals surface area (Å²) in [7, 11) is 0. The van der Waals surface area contributed by atoms with Gasteiger partial charge in [0, 0.05) is 4.47 Å². The van der Waals surface area contributed by atoms with E-state index in [0.717, 1.165) is 33.6 Å². The molecule has 0 saturated heterocycles. The first-order valence-corrected chi connectivity index (χ1v) is 14.8. The molecule has 0 saturated carbocycles. The number of hydrogen-bond donors (Lipinski definition) is 0. The van der Waals surface area contributed by atoms with Crippen LogP contribution in [0.3, 0.4) is 0 Å². The van der Waals surface area contributed by atoms with Gasteiger partial charge in [-0.15, -0.1) is 5.10 Å². The summed E-state index contributed by atoms with van der Waals surface area (Å²) in [5, 5.41) is 8.38. The van der Waals surface area contributed by atoms with Crippen LogP contribution in [0.15, 0.2) is 83.5 Å². The Hall–Kier alpha value is -3.71. The molecule has 1 heterocycles. The Bertz CT molecular complexity index is 1350. The Labute approximate surface area is 245 Å². The normalized spacial score (nSPS) is 11.2. The van der Waals surface area contributed by atoms with Crippen molar-refractivity contribution in [1.82, 2.24) is 15.0 Å². The quantitative estimate of drug-likeness (QED) is 0.0772. The molecule has 0 bridgehead atoms. The highest BCUT2D eigenvalue weighted by Crippen LogP contribution is 2.20. The second kappa shape index (κ2) is 15.8. The fraction of sp³-hybridized carbons (Fsp3) is 0.303. The van der Waals surface area contributed by atoms with Gasteiger partial charge >= 0.3 is 5.97 Å². The van der Waals surface area contributed by atoms with Crippen molar-refractivity contribution in [3.8, 4) is 17.2 Å². The highest BCUT2D eigenvalue weighted by atomic mass is 79.9. The summed E-state index contributed by atoms with van der Waals surface area (Å²) in [6.45, 7) is 2.95. The number of ether oxygens (including phenoxy) is 2. The molecule has 0 radical (unpaired) electrons. The Morgan fingerprint density at radius 2 is 1.45 bits per heavy atom. The third-order valence-electron chi connectivity index (χ3n) is 6.50. The summed E-state index contributed by atoms with van der Waals surface area (Å²) in [6.07, 6.45) is 15.9. The molecular weight excluding hydrogens is 566 g/mol. The first-order chi connectivity index (χ1) is 19.6. The number of rotatable bonds is 15. The minimum absolute atomic E-state index is 0.402. The van der Waals surface area contributed by atoms with Gasteiger partial charge in [0.05, 0.1) is 24.1 Å². The van der Waals surface area contributed by atoms with E-state index in [1.54, 1.807) is 28.9 Å². The van der Waals surface area contributed by atoms with Gasteiger partial charge in [0.1, 0.15) is 17.2 Å². The average molecular weight is 603 g/mol. The largest absolute Gasteiger partial charge is 0.494 e. The number of unbranched alkanes of at least 4 members (excludes halogenated alkanes) is 7. The van der Waals surface area contributed by atoms with Gasteiger partial charge in [-0.05, 0) is 78.7 Å². The molecule has 6 nitrogen and oxygen atoms in total. The molecule has 0 N–H and O–H groups in total. The highest BCUT2D eigenvalue weighted by molar-refractivity contribution is 9.10. The maximum absolute atomic E-state index is 12.6. The van der Waals surface area contributed by atoms with Crippen LogP contribution < -0.4 is 9.47 Å². The Kier molecular flexibility index (Phi) is 11.5. The van der Waals surface area contributed by atoms with Crippen molar-refractivity contribution in [2.45, 2.75) is 58.3 Å². The third-order valence-corrected chi connectivity index (χ3v) is 7.02. The number of carbonyl (C=O) groups is 1. The highest BCUT2D eigenvalue weighted by Gasteiger charge is 2.09. The van der Waals surface area contributed by atoms with Crippen LogP contribution in [0.25, 0.3) is 17.8 Å². The first-order valence-electron chi connectivity index (χ1n) is 14.0. The average Bonchev–Trinajstić information content (AvgIpc) is 3.46. The molecule has 0 aliphatic heterocycles. The number of halogens is 1. The molecule has 0 aliphatic carbocycles. The predicted molar refractivity (Wildman–Crippen MR) is 164 cm³/mol. The zero-order valence-electron chi connectivity index (χ0n) is 23.0. The summed E-state index contributed by atoms with van der Waals surface area (Å²) in [4.78, 5) is 12.6. The van der Waals surface area contributed by atoms with Crippen LogP contribution in [0.1, 0.15) is 79.9 Å². The van der Waals surface area contributed by atoms with Crippen molar-refractivity contribution < 1.29 is 14.3 Å². The first kappa shape index (κ1) is 29.3. The summed E-state index contributed by atoms with van der Waals surface area (Å²) < 4.78 is 14.1. The lowest BCUT2D eigenvalue weighted by Crippen LogP contribution is -2.08. The Morgan fingerprint density at radius 1 is 0.800 bits per heavy atom. The summed E-state index contributed by atoms with van der Waals surface area (Å²) >= 11 is 3.44. The van der Waals surface area contributed by atoms with E-state index >= 15 is 0 Å². The molecule has 7 heteroatoms. The van der Waals surface area contributed by atoms with E-state index in [4.69, 9.17) is 9.47 Å². The van der Waals surface area contributed by atoms with E-state index < -0.39 is 5.97 Å².